The Morgan fingerprint density at radius 2 is 1.29 bits per heavy atom. The van der Waals surface area contributed by atoms with Crippen LogP contribution in [0.3, 0.4) is 0 Å². The van der Waals surface area contributed by atoms with Gasteiger partial charge in [0.2, 0.25) is 0 Å². The first-order valence-electron chi connectivity index (χ1n) is 6.54. The summed E-state index contributed by atoms with van der Waals surface area (Å²) in [5.74, 6) is 1.19. The van der Waals surface area contributed by atoms with E-state index in [1.165, 1.54) is 16.0 Å². The molecule has 0 aliphatic carbocycles. The highest BCUT2D eigenvalue weighted by Gasteiger charge is 2.20. The average molecular weight is 250 g/mol. The van der Waals surface area contributed by atoms with Gasteiger partial charge in [0.1, 0.15) is 0 Å². The summed E-state index contributed by atoms with van der Waals surface area (Å²) in [6, 6.07) is 6.77. The SMILES string of the molecule is CC(C)c1cccc(C(C)C)c1SC(C)(C)C. The van der Waals surface area contributed by atoms with Crippen LogP contribution in [0.15, 0.2) is 23.1 Å². The molecule has 1 aromatic rings. The predicted octanol–water partition coefficient (Wildman–Crippen LogP) is 5.82. The molecule has 17 heavy (non-hydrogen) atoms. The lowest BCUT2D eigenvalue weighted by atomic mass is 9.95. The van der Waals surface area contributed by atoms with Crippen LogP contribution in [-0.2, 0) is 0 Å². The summed E-state index contributed by atoms with van der Waals surface area (Å²) >= 11 is 2.01. The molecule has 0 heterocycles. The molecule has 96 valence electrons. The Bertz CT molecular complexity index is 343. The smallest absolute Gasteiger partial charge is 0.0147 e. The van der Waals surface area contributed by atoms with Crippen LogP contribution in [0.5, 0.6) is 0 Å². The lowest BCUT2D eigenvalue weighted by molar-refractivity contribution is 0.772. The van der Waals surface area contributed by atoms with Crippen LogP contribution in [-0.4, -0.2) is 4.75 Å². The zero-order chi connectivity index (χ0) is 13.2. The molecule has 0 nitrogen and oxygen atoms in total. The van der Waals surface area contributed by atoms with Gasteiger partial charge in [0, 0.05) is 9.64 Å². The van der Waals surface area contributed by atoms with Crippen LogP contribution in [0.1, 0.15) is 71.4 Å². The normalized spacial score (nSPS) is 12.5. The summed E-state index contributed by atoms with van der Waals surface area (Å²) in [5, 5.41) is 0. The minimum atomic E-state index is 0.272. The minimum absolute atomic E-state index is 0.272. The van der Waals surface area contributed by atoms with E-state index in [1.54, 1.807) is 0 Å². The molecule has 0 saturated heterocycles. The van der Waals surface area contributed by atoms with Crippen molar-refractivity contribution >= 4 is 11.8 Å². The van der Waals surface area contributed by atoms with Gasteiger partial charge in [0.15, 0.2) is 0 Å². The van der Waals surface area contributed by atoms with E-state index in [4.69, 9.17) is 0 Å². The predicted molar refractivity (Wildman–Crippen MR) is 80.2 cm³/mol. The van der Waals surface area contributed by atoms with Gasteiger partial charge < -0.3 is 0 Å². The molecule has 0 saturated carbocycles. The maximum absolute atomic E-state index is 2.29. The van der Waals surface area contributed by atoms with Gasteiger partial charge in [-0.15, -0.1) is 11.8 Å². The second-order valence-corrected chi connectivity index (χ2v) is 8.13. The van der Waals surface area contributed by atoms with Crippen LogP contribution in [0.2, 0.25) is 0 Å². The Kier molecular flexibility index (Phi) is 4.71. The van der Waals surface area contributed by atoms with E-state index in [2.05, 4.69) is 66.7 Å². The third-order valence-corrected chi connectivity index (χ3v) is 4.02. The van der Waals surface area contributed by atoms with Gasteiger partial charge in [0.05, 0.1) is 0 Å². The Morgan fingerprint density at radius 3 is 1.59 bits per heavy atom. The fraction of sp³-hybridized carbons (Fsp3) is 0.625. The number of rotatable bonds is 3. The molecule has 0 unspecified atom stereocenters. The van der Waals surface area contributed by atoms with E-state index in [9.17, 15) is 0 Å². The van der Waals surface area contributed by atoms with Crippen molar-refractivity contribution in [3.63, 3.8) is 0 Å². The fourth-order valence-electron chi connectivity index (χ4n) is 1.91. The highest BCUT2D eigenvalue weighted by Crippen LogP contribution is 2.41. The van der Waals surface area contributed by atoms with E-state index < -0.39 is 0 Å². The quantitative estimate of drug-likeness (QED) is 0.609. The van der Waals surface area contributed by atoms with Crippen LogP contribution in [0.25, 0.3) is 0 Å². The van der Waals surface area contributed by atoms with Crippen molar-refractivity contribution in [1.82, 2.24) is 0 Å². The summed E-state index contributed by atoms with van der Waals surface area (Å²) in [6.45, 7) is 16.0. The summed E-state index contributed by atoms with van der Waals surface area (Å²) in [7, 11) is 0. The van der Waals surface area contributed by atoms with Crippen LogP contribution >= 0.6 is 11.8 Å². The molecule has 0 aliphatic heterocycles. The molecule has 1 heteroatoms. The highest BCUT2D eigenvalue weighted by atomic mass is 32.2. The second-order valence-electron chi connectivity index (χ2n) is 6.29. The number of benzene rings is 1. The average Bonchev–Trinajstić information content (AvgIpc) is 2.14. The van der Waals surface area contributed by atoms with Gasteiger partial charge >= 0.3 is 0 Å². The van der Waals surface area contributed by atoms with E-state index in [0.717, 1.165) is 0 Å². The Labute approximate surface area is 111 Å². The molecule has 0 bridgehead atoms. The summed E-state index contributed by atoms with van der Waals surface area (Å²) in [4.78, 5) is 1.50. The largest absolute Gasteiger partial charge is 0.120 e. The molecule has 0 radical (unpaired) electrons. The topological polar surface area (TPSA) is 0 Å². The van der Waals surface area contributed by atoms with Gasteiger partial charge in [-0.2, -0.15) is 0 Å². The Balaban J connectivity index is 3.29. The van der Waals surface area contributed by atoms with Gasteiger partial charge in [-0.05, 0) is 23.0 Å². The van der Waals surface area contributed by atoms with Crippen molar-refractivity contribution < 1.29 is 0 Å². The molecule has 0 aromatic heterocycles. The van der Waals surface area contributed by atoms with E-state index in [0.29, 0.717) is 11.8 Å². The Morgan fingerprint density at radius 1 is 0.882 bits per heavy atom. The molecule has 0 aliphatic rings. The van der Waals surface area contributed by atoms with Crippen molar-refractivity contribution in [3.8, 4) is 0 Å². The van der Waals surface area contributed by atoms with Crippen molar-refractivity contribution in [2.75, 3.05) is 0 Å². The zero-order valence-electron chi connectivity index (χ0n) is 12.3. The minimum Gasteiger partial charge on any atom is -0.120 e. The summed E-state index contributed by atoms with van der Waals surface area (Å²) in [5.41, 5.74) is 2.99. The number of thioether (sulfide) groups is 1. The number of hydrogen-bond donors (Lipinski definition) is 0. The standard InChI is InChI=1S/C16H26S/c1-11(2)13-9-8-10-14(12(3)4)15(13)17-16(5,6)7/h8-12H,1-7H3. The van der Waals surface area contributed by atoms with Crippen molar-refractivity contribution in [2.24, 2.45) is 0 Å². The van der Waals surface area contributed by atoms with Crippen LogP contribution in [0.4, 0.5) is 0 Å². The molecule has 0 fully saturated rings. The molecular formula is C16H26S. The molecule has 0 spiro atoms. The molecule has 0 amide bonds. The van der Waals surface area contributed by atoms with Crippen LogP contribution in [0, 0.1) is 0 Å². The van der Waals surface area contributed by atoms with Crippen LogP contribution < -0.4 is 0 Å². The summed E-state index contributed by atoms with van der Waals surface area (Å²) < 4.78 is 0.272. The van der Waals surface area contributed by atoms with Crippen molar-refractivity contribution in [2.45, 2.75) is 69.9 Å². The Hall–Kier alpha value is -0.430. The second kappa shape index (κ2) is 5.48. The highest BCUT2D eigenvalue weighted by molar-refractivity contribution is 8.00. The van der Waals surface area contributed by atoms with Gasteiger partial charge in [0.25, 0.3) is 0 Å². The first kappa shape index (κ1) is 14.6. The van der Waals surface area contributed by atoms with E-state index >= 15 is 0 Å². The fourth-order valence-corrected chi connectivity index (χ4v) is 3.36. The van der Waals surface area contributed by atoms with E-state index in [-0.39, 0.29) is 4.75 Å². The van der Waals surface area contributed by atoms with E-state index in [1.807, 2.05) is 11.8 Å². The van der Waals surface area contributed by atoms with Crippen molar-refractivity contribution in [1.29, 1.82) is 0 Å². The third-order valence-electron chi connectivity index (χ3n) is 2.73. The van der Waals surface area contributed by atoms with Gasteiger partial charge in [-0.25, -0.2) is 0 Å². The van der Waals surface area contributed by atoms with Gasteiger partial charge in [-0.1, -0.05) is 66.7 Å². The lowest BCUT2D eigenvalue weighted by Gasteiger charge is -2.25. The number of hydrogen-bond acceptors (Lipinski definition) is 1. The maximum atomic E-state index is 2.29. The first-order chi connectivity index (χ1) is 7.72. The lowest BCUT2D eigenvalue weighted by Crippen LogP contribution is -2.10. The monoisotopic (exact) mass is 250 g/mol. The van der Waals surface area contributed by atoms with Crippen molar-refractivity contribution in [3.05, 3.63) is 29.3 Å². The maximum Gasteiger partial charge on any atom is 0.0147 e. The zero-order valence-corrected chi connectivity index (χ0v) is 13.1. The molecule has 0 N–H and O–H groups in total. The molecular weight excluding hydrogens is 224 g/mol. The van der Waals surface area contributed by atoms with Gasteiger partial charge in [-0.3, -0.25) is 0 Å². The first-order valence-corrected chi connectivity index (χ1v) is 7.36. The molecule has 1 rings (SSSR count). The summed E-state index contributed by atoms with van der Waals surface area (Å²) in [6.07, 6.45) is 0. The molecule has 1 aromatic carbocycles. The third kappa shape index (κ3) is 4.06. The molecule has 0 atom stereocenters.